The quantitative estimate of drug-likeness (QED) is 0.674. The van der Waals surface area contributed by atoms with Gasteiger partial charge in [0.15, 0.2) is 0 Å². The van der Waals surface area contributed by atoms with E-state index in [-0.39, 0.29) is 5.97 Å². The third-order valence-electron chi connectivity index (χ3n) is 3.02. The van der Waals surface area contributed by atoms with Gasteiger partial charge in [0.2, 0.25) is 0 Å². The summed E-state index contributed by atoms with van der Waals surface area (Å²) in [6, 6.07) is 7.16. The van der Waals surface area contributed by atoms with Crippen LogP contribution < -0.4 is 5.73 Å². The van der Waals surface area contributed by atoms with Crippen LogP contribution in [0.2, 0.25) is 0 Å². The Bertz CT molecular complexity index is 651. The Balaban J connectivity index is 2.52. The fourth-order valence-corrected chi connectivity index (χ4v) is 2.30. The summed E-state index contributed by atoms with van der Waals surface area (Å²) in [6.45, 7) is 3.92. The minimum absolute atomic E-state index is 0.292. The van der Waals surface area contributed by atoms with E-state index in [0.29, 0.717) is 23.8 Å². The molecule has 2 rings (SSSR count). The highest BCUT2D eigenvalue weighted by Gasteiger charge is 2.22. The standard InChI is InChI=1S/C14H17N3O2S/c1-3-19-14(18)9(2)17-11-7-5-4-6-10(11)16-13(17)8-12(15)20/h4-7,9H,3,8H2,1-2H3,(H2,15,20). The molecule has 0 saturated carbocycles. The van der Waals surface area contributed by atoms with Crippen molar-refractivity contribution in [1.82, 2.24) is 9.55 Å². The maximum atomic E-state index is 12.0. The van der Waals surface area contributed by atoms with E-state index in [1.54, 1.807) is 13.8 Å². The molecule has 1 aromatic carbocycles. The Hall–Kier alpha value is -1.95. The van der Waals surface area contributed by atoms with E-state index in [9.17, 15) is 4.79 Å². The third-order valence-corrected chi connectivity index (χ3v) is 3.16. The number of ether oxygens (including phenoxy) is 1. The smallest absolute Gasteiger partial charge is 0.328 e. The van der Waals surface area contributed by atoms with Crippen LogP contribution >= 0.6 is 12.2 Å². The number of thiocarbonyl (C=S) groups is 1. The Morgan fingerprint density at radius 2 is 2.20 bits per heavy atom. The van der Waals surface area contributed by atoms with Gasteiger partial charge in [-0.15, -0.1) is 0 Å². The summed E-state index contributed by atoms with van der Waals surface area (Å²) < 4.78 is 6.92. The summed E-state index contributed by atoms with van der Waals surface area (Å²) in [6.07, 6.45) is 0.355. The number of aromatic nitrogens is 2. The second-order valence-corrected chi connectivity index (χ2v) is 4.98. The van der Waals surface area contributed by atoms with Crippen LogP contribution in [-0.4, -0.2) is 27.1 Å². The zero-order valence-electron chi connectivity index (χ0n) is 11.5. The summed E-state index contributed by atoms with van der Waals surface area (Å²) in [5.74, 6) is 0.388. The first kappa shape index (κ1) is 14.5. The summed E-state index contributed by atoms with van der Waals surface area (Å²) in [7, 11) is 0. The summed E-state index contributed by atoms with van der Waals surface area (Å²) in [5, 5.41) is 0. The van der Waals surface area contributed by atoms with Crippen molar-refractivity contribution >= 4 is 34.2 Å². The molecule has 2 aromatic rings. The van der Waals surface area contributed by atoms with Crippen LogP contribution in [0.15, 0.2) is 24.3 Å². The lowest BCUT2D eigenvalue weighted by atomic mass is 10.2. The molecule has 0 amide bonds. The van der Waals surface area contributed by atoms with Crippen molar-refractivity contribution in [3.63, 3.8) is 0 Å². The van der Waals surface area contributed by atoms with Crippen molar-refractivity contribution in [1.29, 1.82) is 0 Å². The Morgan fingerprint density at radius 3 is 2.85 bits per heavy atom. The van der Waals surface area contributed by atoms with Crippen LogP contribution in [0.3, 0.4) is 0 Å². The molecule has 1 aromatic heterocycles. The summed E-state index contributed by atoms with van der Waals surface area (Å²) in [5.41, 5.74) is 7.30. The minimum atomic E-state index is -0.466. The topological polar surface area (TPSA) is 70.1 Å². The molecule has 0 aliphatic carbocycles. The highest BCUT2D eigenvalue weighted by atomic mass is 32.1. The molecule has 106 valence electrons. The number of hydrogen-bond donors (Lipinski definition) is 1. The van der Waals surface area contributed by atoms with Crippen LogP contribution in [-0.2, 0) is 16.0 Å². The van der Waals surface area contributed by atoms with Crippen molar-refractivity contribution in [2.75, 3.05) is 6.61 Å². The molecule has 1 heterocycles. The number of esters is 1. The van der Waals surface area contributed by atoms with Gasteiger partial charge in [-0.25, -0.2) is 9.78 Å². The molecule has 0 aliphatic heterocycles. The fourth-order valence-electron chi connectivity index (χ4n) is 2.18. The molecule has 6 heteroatoms. The molecule has 0 saturated heterocycles. The van der Waals surface area contributed by atoms with Crippen LogP contribution in [0, 0.1) is 0 Å². The van der Waals surface area contributed by atoms with E-state index in [1.165, 1.54) is 0 Å². The molecule has 0 bridgehead atoms. The number of nitrogens with two attached hydrogens (primary N) is 1. The Kier molecular flexibility index (Phi) is 4.34. The van der Waals surface area contributed by atoms with Gasteiger partial charge in [-0.05, 0) is 26.0 Å². The normalized spacial score (nSPS) is 12.3. The highest BCUT2D eigenvalue weighted by molar-refractivity contribution is 7.80. The van der Waals surface area contributed by atoms with Crippen molar-refractivity contribution in [3.05, 3.63) is 30.1 Å². The van der Waals surface area contributed by atoms with Crippen molar-refractivity contribution in [3.8, 4) is 0 Å². The van der Waals surface area contributed by atoms with E-state index in [2.05, 4.69) is 4.98 Å². The maximum absolute atomic E-state index is 12.0. The van der Waals surface area contributed by atoms with E-state index >= 15 is 0 Å². The van der Waals surface area contributed by atoms with Crippen LogP contribution in [0.1, 0.15) is 25.7 Å². The van der Waals surface area contributed by atoms with Gasteiger partial charge in [-0.3, -0.25) is 0 Å². The molecule has 1 atom stereocenters. The molecule has 0 radical (unpaired) electrons. The summed E-state index contributed by atoms with van der Waals surface area (Å²) >= 11 is 4.95. The van der Waals surface area contributed by atoms with Crippen LogP contribution in [0.5, 0.6) is 0 Å². The lowest BCUT2D eigenvalue weighted by Gasteiger charge is -2.16. The molecule has 0 fully saturated rings. The number of para-hydroxylation sites is 2. The van der Waals surface area contributed by atoms with Crippen molar-refractivity contribution in [2.24, 2.45) is 5.73 Å². The van der Waals surface area contributed by atoms with Gasteiger partial charge in [0.05, 0.1) is 29.0 Å². The number of hydrogen-bond acceptors (Lipinski definition) is 4. The average Bonchev–Trinajstić information content (AvgIpc) is 2.75. The van der Waals surface area contributed by atoms with Gasteiger partial charge in [0, 0.05) is 0 Å². The second kappa shape index (κ2) is 6.00. The number of carbonyl (C=O) groups is 1. The maximum Gasteiger partial charge on any atom is 0.328 e. The van der Waals surface area contributed by atoms with Crippen LogP contribution in [0.25, 0.3) is 11.0 Å². The van der Waals surface area contributed by atoms with Gasteiger partial charge >= 0.3 is 5.97 Å². The molecule has 20 heavy (non-hydrogen) atoms. The van der Waals surface area contributed by atoms with Gasteiger partial charge in [-0.1, -0.05) is 24.4 Å². The first-order valence-electron chi connectivity index (χ1n) is 6.45. The second-order valence-electron chi connectivity index (χ2n) is 4.46. The summed E-state index contributed by atoms with van der Waals surface area (Å²) in [4.78, 5) is 16.8. The first-order chi connectivity index (χ1) is 9.54. The minimum Gasteiger partial charge on any atom is -0.464 e. The highest BCUT2D eigenvalue weighted by Crippen LogP contribution is 2.22. The van der Waals surface area contributed by atoms with E-state index < -0.39 is 6.04 Å². The van der Waals surface area contributed by atoms with Gasteiger partial charge in [0.1, 0.15) is 11.9 Å². The molecule has 0 aliphatic rings. The average molecular weight is 291 g/mol. The molecule has 1 unspecified atom stereocenters. The number of benzene rings is 1. The largest absolute Gasteiger partial charge is 0.464 e. The van der Waals surface area contributed by atoms with E-state index in [1.807, 2.05) is 28.8 Å². The molecular formula is C14H17N3O2S. The van der Waals surface area contributed by atoms with Crippen molar-refractivity contribution < 1.29 is 9.53 Å². The van der Waals surface area contributed by atoms with Gasteiger partial charge < -0.3 is 15.0 Å². The van der Waals surface area contributed by atoms with E-state index in [0.717, 1.165) is 11.0 Å². The predicted octanol–water partition coefficient (Wildman–Crippen LogP) is 1.99. The zero-order chi connectivity index (χ0) is 14.7. The lowest BCUT2D eigenvalue weighted by Crippen LogP contribution is -2.23. The van der Waals surface area contributed by atoms with E-state index in [4.69, 9.17) is 22.7 Å². The number of nitrogens with zero attached hydrogens (tertiary/aromatic N) is 2. The number of rotatable bonds is 5. The first-order valence-corrected chi connectivity index (χ1v) is 6.86. The Morgan fingerprint density at radius 1 is 1.50 bits per heavy atom. The Labute approximate surface area is 122 Å². The van der Waals surface area contributed by atoms with Gasteiger partial charge in [0.25, 0.3) is 0 Å². The number of fused-ring (bicyclic) bond motifs is 1. The van der Waals surface area contributed by atoms with Gasteiger partial charge in [-0.2, -0.15) is 0 Å². The SMILES string of the molecule is CCOC(=O)C(C)n1c(CC(N)=S)nc2ccccc21. The fraction of sp³-hybridized carbons (Fsp3) is 0.357. The lowest BCUT2D eigenvalue weighted by molar-refractivity contribution is -0.146. The molecule has 2 N–H and O–H groups in total. The monoisotopic (exact) mass is 291 g/mol. The predicted molar refractivity (Wildman–Crippen MR) is 81.6 cm³/mol. The van der Waals surface area contributed by atoms with Crippen LogP contribution in [0.4, 0.5) is 0 Å². The molecule has 0 spiro atoms. The third kappa shape index (κ3) is 2.80. The zero-order valence-corrected chi connectivity index (χ0v) is 12.3. The van der Waals surface area contributed by atoms with Crippen molar-refractivity contribution in [2.45, 2.75) is 26.3 Å². The molecule has 5 nitrogen and oxygen atoms in total. The molecular weight excluding hydrogens is 274 g/mol. The number of carbonyl (C=O) groups excluding carboxylic acids is 1. The number of imidazole rings is 1.